The van der Waals surface area contributed by atoms with Crippen molar-refractivity contribution in [2.24, 2.45) is 0 Å². The van der Waals surface area contributed by atoms with Crippen LogP contribution in [0.2, 0.25) is 10.0 Å². The van der Waals surface area contributed by atoms with Crippen LogP contribution in [0.5, 0.6) is 17.2 Å². The van der Waals surface area contributed by atoms with Crippen molar-refractivity contribution in [3.8, 4) is 17.2 Å². The van der Waals surface area contributed by atoms with Crippen molar-refractivity contribution in [2.45, 2.75) is 20.6 Å². The molecule has 0 spiro atoms. The molecule has 0 bridgehead atoms. The molecular weight excluding hydrogens is 507 g/mol. The van der Waals surface area contributed by atoms with Crippen molar-refractivity contribution in [1.82, 2.24) is 9.78 Å². The SMILES string of the molecule is Cc1cc(OCn2ccc(C(=O)Nc3cc(Oc4ccc(Cl)c(C)c4)cc([N+](=O)[O-])c3)n2)ccc1Cl. The van der Waals surface area contributed by atoms with E-state index in [4.69, 9.17) is 32.7 Å². The molecule has 1 N–H and O–H groups in total. The molecule has 0 aliphatic heterocycles. The smallest absolute Gasteiger partial charge is 0.276 e. The number of hydrogen-bond acceptors (Lipinski definition) is 6. The first-order valence-electron chi connectivity index (χ1n) is 10.7. The molecule has 11 heteroatoms. The highest BCUT2D eigenvalue weighted by molar-refractivity contribution is 6.31. The largest absolute Gasteiger partial charge is 0.471 e. The number of nitrogens with one attached hydrogen (secondary N) is 1. The second-order valence-corrected chi connectivity index (χ2v) is 8.68. The van der Waals surface area contributed by atoms with Gasteiger partial charge in [0.15, 0.2) is 12.4 Å². The van der Waals surface area contributed by atoms with Crippen molar-refractivity contribution < 1.29 is 19.2 Å². The zero-order chi connectivity index (χ0) is 25.8. The number of aryl methyl sites for hydroxylation is 2. The van der Waals surface area contributed by atoms with Crippen LogP contribution in [0.25, 0.3) is 0 Å². The quantitative estimate of drug-likeness (QED) is 0.200. The number of carbonyl (C=O) groups is 1. The number of rotatable bonds is 8. The summed E-state index contributed by atoms with van der Waals surface area (Å²) in [7, 11) is 0. The Balaban J connectivity index is 1.46. The number of hydrogen-bond donors (Lipinski definition) is 1. The Kier molecular flexibility index (Phi) is 7.42. The second kappa shape index (κ2) is 10.7. The molecule has 0 aliphatic rings. The lowest BCUT2D eigenvalue weighted by molar-refractivity contribution is -0.384. The summed E-state index contributed by atoms with van der Waals surface area (Å²) in [5.74, 6) is 0.686. The van der Waals surface area contributed by atoms with Gasteiger partial charge >= 0.3 is 0 Å². The summed E-state index contributed by atoms with van der Waals surface area (Å²) >= 11 is 12.1. The molecule has 0 saturated heterocycles. The van der Waals surface area contributed by atoms with Crippen LogP contribution in [0, 0.1) is 24.0 Å². The molecule has 36 heavy (non-hydrogen) atoms. The van der Waals surface area contributed by atoms with Gasteiger partial charge in [-0.05, 0) is 67.4 Å². The number of nitrogens with zero attached hydrogens (tertiary/aromatic N) is 3. The van der Waals surface area contributed by atoms with Crippen LogP contribution in [0.3, 0.4) is 0 Å². The Bertz CT molecular complexity index is 1450. The Hall–Kier alpha value is -4.08. The molecule has 4 aromatic rings. The summed E-state index contributed by atoms with van der Waals surface area (Å²) in [5, 5.41) is 19.5. The van der Waals surface area contributed by atoms with Gasteiger partial charge in [0.25, 0.3) is 11.6 Å². The molecule has 3 aromatic carbocycles. The van der Waals surface area contributed by atoms with Crippen molar-refractivity contribution in [1.29, 1.82) is 0 Å². The summed E-state index contributed by atoms with van der Waals surface area (Å²) in [6.07, 6.45) is 1.59. The first-order chi connectivity index (χ1) is 17.2. The number of ether oxygens (including phenoxy) is 2. The first kappa shape index (κ1) is 25.0. The number of anilines is 1. The monoisotopic (exact) mass is 526 g/mol. The van der Waals surface area contributed by atoms with E-state index in [9.17, 15) is 14.9 Å². The topological polar surface area (TPSA) is 109 Å². The molecular formula is C25H20Cl2N4O5. The predicted molar refractivity (Wildman–Crippen MR) is 136 cm³/mol. The average Bonchev–Trinajstić information content (AvgIpc) is 3.31. The fraction of sp³-hybridized carbons (Fsp3) is 0.120. The van der Waals surface area contributed by atoms with Crippen molar-refractivity contribution in [2.75, 3.05) is 5.32 Å². The van der Waals surface area contributed by atoms with E-state index in [0.29, 0.717) is 21.5 Å². The molecule has 0 fully saturated rings. The van der Waals surface area contributed by atoms with Crippen LogP contribution in [-0.2, 0) is 6.73 Å². The summed E-state index contributed by atoms with van der Waals surface area (Å²) in [5.41, 5.74) is 1.70. The van der Waals surface area contributed by atoms with Crippen LogP contribution in [0.4, 0.5) is 11.4 Å². The van der Waals surface area contributed by atoms with Gasteiger partial charge in [0, 0.05) is 28.4 Å². The predicted octanol–water partition coefficient (Wildman–Crippen LogP) is 6.80. The van der Waals surface area contributed by atoms with E-state index < -0.39 is 10.8 Å². The zero-order valence-corrected chi connectivity index (χ0v) is 20.7. The number of aromatic nitrogens is 2. The number of nitro benzene ring substituents is 1. The highest BCUT2D eigenvalue weighted by atomic mass is 35.5. The third-order valence-corrected chi connectivity index (χ3v) is 5.94. The third kappa shape index (κ3) is 6.12. The van der Waals surface area contributed by atoms with Gasteiger partial charge in [0.1, 0.15) is 17.2 Å². The molecule has 0 saturated carbocycles. The fourth-order valence-corrected chi connectivity index (χ4v) is 3.47. The minimum absolute atomic E-state index is 0.0731. The maximum absolute atomic E-state index is 12.7. The third-order valence-electron chi connectivity index (χ3n) is 5.09. The van der Waals surface area contributed by atoms with E-state index in [-0.39, 0.29) is 29.5 Å². The number of amides is 1. The molecule has 0 atom stereocenters. The molecule has 9 nitrogen and oxygen atoms in total. The maximum Gasteiger partial charge on any atom is 0.276 e. The minimum Gasteiger partial charge on any atom is -0.471 e. The first-order valence-corrected chi connectivity index (χ1v) is 11.4. The molecule has 1 heterocycles. The van der Waals surface area contributed by atoms with E-state index in [2.05, 4.69) is 10.4 Å². The number of non-ortho nitro benzene ring substituents is 1. The highest BCUT2D eigenvalue weighted by Crippen LogP contribution is 2.31. The van der Waals surface area contributed by atoms with Gasteiger partial charge in [-0.1, -0.05) is 23.2 Å². The lowest BCUT2D eigenvalue weighted by atomic mass is 10.2. The van der Waals surface area contributed by atoms with Gasteiger partial charge in [0.2, 0.25) is 0 Å². The van der Waals surface area contributed by atoms with Crippen LogP contribution in [0.15, 0.2) is 66.9 Å². The van der Waals surface area contributed by atoms with Gasteiger partial charge in [-0.3, -0.25) is 14.9 Å². The van der Waals surface area contributed by atoms with Crippen LogP contribution in [0.1, 0.15) is 21.6 Å². The summed E-state index contributed by atoms with van der Waals surface area (Å²) in [6.45, 7) is 3.75. The molecule has 0 radical (unpaired) electrons. The minimum atomic E-state index is -0.569. The Morgan fingerprint density at radius 2 is 1.64 bits per heavy atom. The molecule has 184 valence electrons. The maximum atomic E-state index is 12.7. The zero-order valence-electron chi connectivity index (χ0n) is 19.2. The average molecular weight is 527 g/mol. The molecule has 1 aromatic heterocycles. The number of carbonyl (C=O) groups excluding carboxylic acids is 1. The van der Waals surface area contributed by atoms with Crippen LogP contribution in [-0.4, -0.2) is 20.6 Å². The molecule has 0 unspecified atom stereocenters. The van der Waals surface area contributed by atoms with Crippen molar-refractivity contribution in [3.05, 3.63) is 104 Å². The molecule has 4 rings (SSSR count). The Labute approximate surface area is 216 Å². The fourth-order valence-electron chi connectivity index (χ4n) is 3.23. The normalized spacial score (nSPS) is 10.7. The summed E-state index contributed by atoms with van der Waals surface area (Å²) < 4.78 is 12.9. The summed E-state index contributed by atoms with van der Waals surface area (Å²) in [6, 6.07) is 15.8. The second-order valence-electron chi connectivity index (χ2n) is 7.86. The van der Waals surface area contributed by atoms with E-state index in [1.165, 1.54) is 28.9 Å². The molecule has 1 amide bonds. The van der Waals surface area contributed by atoms with Crippen molar-refractivity contribution >= 4 is 40.5 Å². The van der Waals surface area contributed by atoms with Gasteiger partial charge in [-0.2, -0.15) is 5.10 Å². The van der Waals surface area contributed by atoms with Crippen LogP contribution < -0.4 is 14.8 Å². The van der Waals surface area contributed by atoms with Gasteiger partial charge in [-0.15, -0.1) is 0 Å². The Morgan fingerprint density at radius 3 is 2.31 bits per heavy atom. The van der Waals surface area contributed by atoms with Gasteiger partial charge < -0.3 is 14.8 Å². The van der Waals surface area contributed by atoms with E-state index >= 15 is 0 Å². The van der Waals surface area contributed by atoms with Gasteiger partial charge in [-0.25, -0.2) is 4.68 Å². The molecule has 0 aliphatic carbocycles. The lowest BCUT2D eigenvalue weighted by Crippen LogP contribution is -2.14. The van der Waals surface area contributed by atoms with E-state index in [1.807, 2.05) is 13.8 Å². The number of benzene rings is 3. The van der Waals surface area contributed by atoms with Crippen LogP contribution >= 0.6 is 23.2 Å². The summed E-state index contributed by atoms with van der Waals surface area (Å²) in [4.78, 5) is 23.6. The standard InChI is InChI=1S/C25H20Cl2N4O5/c1-15-9-19(3-5-22(15)26)35-14-30-8-7-24(29-30)25(32)28-17-11-18(31(33)34)13-21(12-17)36-20-4-6-23(27)16(2)10-20/h3-13H,14H2,1-2H3,(H,28,32). The Morgan fingerprint density at radius 1 is 0.972 bits per heavy atom. The van der Waals surface area contributed by atoms with E-state index in [0.717, 1.165) is 11.1 Å². The highest BCUT2D eigenvalue weighted by Gasteiger charge is 2.16. The number of halogens is 2. The van der Waals surface area contributed by atoms with Gasteiger partial charge in [0.05, 0.1) is 16.7 Å². The number of nitro groups is 1. The van der Waals surface area contributed by atoms with Crippen molar-refractivity contribution in [3.63, 3.8) is 0 Å². The van der Waals surface area contributed by atoms with E-state index in [1.54, 1.807) is 42.6 Å². The lowest BCUT2D eigenvalue weighted by Gasteiger charge is -2.10.